The summed E-state index contributed by atoms with van der Waals surface area (Å²) in [5.41, 5.74) is 1.49. The van der Waals surface area contributed by atoms with E-state index in [0.29, 0.717) is 36.9 Å². The number of aromatic nitrogens is 4. The van der Waals surface area contributed by atoms with E-state index in [1.165, 1.54) is 0 Å². The van der Waals surface area contributed by atoms with Crippen LogP contribution in [0.15, 0.2) is 24.3 Å². The van der Waals surface area contributed by atoms with Crippen LogP contribution in [-0.2, 0) is 4.79 Å². The Morgan fingerprint density at radius 3 is 2.48 bits per heavy atom. The number of nitrogens with zero attached hydrogens (tertiary/aromatic N) is 7. The average molecular weight is 427 g/mol. The highest BCUT2D eigenvalue weighted by atomic mass is 16.2. The quantitative estimate of drug-likeness (QED) is 0.793. The minimum atomic E-state index is -0.116. The van der Waals surface area contributed by atoms with E-state index in [1.807, 2.05) is 41.0 Å². The van der Waals surface area contributed by atoms with Crippen molar-refractivity contribution >= 4 is 17.6 Å². The summed E-state index contributed by atoms with van der Waals surface area (Å²) in [6.45, 7) is 6.68. The highest BCUT2D eigenvalue weighted by Crippen LogP contribution is 2.23. The topological polar surface area (TPSA) is 99.5 Å². The molecule has 0 aliphatic carbocycles. The van der Waals surface area contributed by atoms with Gasteiger partial charge in [-0.15, -0.1) is 5.10 Å². The maximum Gasteiger partial charge on any atom is 0.321 e. The van der Waals surface area contributed by atoms with E-state index in [9.17, 15) is 9.59 Å². The van der Waals surface area contributed by atoms with Gasteiger partial charge in [-0.05, 0) is 61.4 Å². The molecule has 1 aromatic carbocycles. The third-order valence-electron chi connectivity index (χ3n) is 6.19. The van der Waals surface area contributed by atoms with E-state index in [2.05, 4.69) is 32.8 Å². The standard InChI is InChI=1S/C21H30N8O2/c1-16-23-24-25-29(16)19-5-3-4-18(15-19)22-21(31)28-8-6-17(7-9-28)14-20(30)27-12-10-26(2)11-13-27/h3-5,15,17H,6-14H2,1-2H3,(H,22,31). The lowest BCUT2D eigenvalue weighted by Gasteiger charge is -2.35. The average Bonchev–Trinajstić information content (AvgIpc) is 3.21. The molecule has 2 aliphatic heterocycles. The van der Waals surface area contributed by atoms with Crippen LogP contribution in [0.4, 0.5) is 10.5 Å². The SMILES string of the molecule is Cc1nnnn1-c1cccc(NC(=O)N2CCC(CC(=O)N3CCN(C)CC3)CC2)c1. The van der Waals surface area contributed by atoms with Crippen LogP contribution in [-0.4, -0.2) is 93.2 Å². The Bertz CT molecular complexity index is 914. The maximum absolute atomic E-state index is 12.7. The zero-order chi connectivity index (χ0) is 21.8. The molecule has 0 unspecified atom stereocenters. The predicted molar refractivity (Wildman–Crippen MR) is 116 cm³/mol. The molecule has 2 aliphatic rings. The second kappa shape index (κ2) is 9.42. The van der Waals surface area contributed by atoms with Crippen molar-refractivity contribution in [2.24, 2.45) is 5.92 Å². The molecule has 1 aromatic heterocycles. The van der Waals surface area contributed by atoms with Crippen molar-refractivity contribution < 1.29 is 9.59 Å². The van der Waals surface area contributed by atoms with Crippen molar-refractivity contribution in [3.63, 3.8) is 0 Å². The molecule has 3 amide bonds. The monoisotopic (exact) mass is 426 g/mol. The van der Waals surface area contributed by atoms with Gasteiger partial charge in [0.15, 0.2) is 5.82 Å². The summed E-state index contributed by atoms with van der Waals surface area (Å²) >= 11 is 0. The summed E-state index contributed by atoms with van der Waals surface area (Å²) in [5, 5.41) is 14.5. The Morgan fingerprint density at radius 2 is 1.81 bits per heavy atom. The summed E-state index contributed by atoms with van der Waals surface area (Å²) in [7, 11) is 2.09. The lowest BCUT2D eigenvalue weighted by Crippen LogP contribution is -2.48. The number of benzene rings is 1. The Balaban J connectivity index is 1.26. The molecule has 166 valence electrons. The van der Waals surface area contributed by atoms with E-state index in [-0.39, 0.29) is 11.9 Å². The summed E-state index contributed by atoms with van der Waals surface area (Å²) in [6, 6.07) is 7.34. The van der Waals surface area contributed by atoms with Gasteiger partial charge < -0.3 is 20.0 Å². The molecule has 0 saturated carbocycles. The predicted octanol–water partition coefficient (Wildman–Crippen LogP) is 1.38. The molecule has 0 bridgehead atoms. The van der Waals surface area contributed by atoms with Gasteiger partial charge >= 0.3 is 6.03 Å². The number of carbonyl (C=O) groups excluding carboxylic acids is 2. The smallest absolute Gasteiger partial charge is 0.321 e. The fraction of sp³-hybridized carbons (Fsp3) is 0.571. The largest absolute Gasteiger partial charge is 0.340 e. The van der Waals surface area contributed by atoms with Crippen LogP contribution in [0.3, 0.4) is 0 Å². The molecular weight excluding hydrogens is 396 g/mol. The van der Waals surface area contributed by atoms with Crippen molar-refractivity contribution in [3.05, 3.63) is 30.1 Å². The van der Waals surface area contributed by atoms with E-state index in [0.717, 1.165) is 44.7 Å². The van der Waals surface area contributed by atoms with Crippen molar-refractivity contribution in [1.29, 1.82) is 0 Å². The van der Waals surface area contributed by atoms with Gasteiger partial charge in [-0.3, -0.25) is 4.79 Å². The minimum absolute atomic E-state index is 0.116. The zero-order valence-corrected chi connectivity index (χ0v) is 18.2. The highest BCUT2D eigenvalue weighted by Gasteiger charge is 2.27. The number of anilines is 1. The Morgan fingerprint density at radius 1 is 1.06 bits per heavy atom. The fourth-order valence-corrected chi connectivity index (χ4v) is 4.16. The van der Waals surface area contributed by atoms with Crippen molar-refractivity contribution in [2.45, 2.75) is 26.2 Å². The van der Waals surface area contributed by atoms with E-state index < -0.39 is 0 Å². The Hall–Kier alpha value is -3.01. The fourth-order valence-electron chi connectivity index (χ4n) is 4.16. The third kappa shape index (κ3) is 5.19. The number of likely N-dealkylation sites (N-methyl/N-ethyl adjacent to an activating group) is 1. The molecule has 2 saturated heterocycles. The van der Waals surface area contributed by atoms with Crippen LogP contribution in [0.5, 0.6) is 0 Å². The number of hydrogen-bond donors (Lipinski definition) is 1. The zero-order valence-electron chi connectivity index (χ0n) is 18.2. The van der Waals surface area contributed by atoms with E-state index >= 15 is 0 Å². The number of hydrogen-bond acceptors (Lipinski definition) is 6. The number of piperidine rings is 1. The molecular formula is C21H30N8O2. The lowest BCUT2D eigenvalue weighted by atomic mass is 9.93. The van der Waals surface area contributed by atoms with E-state index in [1.54, 1.807) is 4.68 Å². The Labute approximate surface area is 182 Å². The first-order chi connectivity index (χ1) is 15.0. The first-order valence-electron chi connectivity index (χ1n) is 10.9. The summed E-state index contributed by atoms with van der Waals surface area (Å²) in [4.78, 5) is 31.4. The van der Waals surface area contributed by atoms with Gasteiger partial charge in [0.1, 0.15) is 0 Å². The lowest BCUT2D eigenvalue weighted by molar-refractivity contribution is -0.134. The van der Waals surface area contributed by atoms with Gasteiger partial charge in [0.2, 0.25) is 5.91 Å². The highest BCUT2D eigenvalue weighted by molar-refractivity contribution is 5.89. The number of likely N-dealkylation sites (tertiary alicyclic amines) is 1. The van der Waals surface area contributed by atoms with Crippen molar-refractivity contribution in [2.75, 3.05) is 51.6 Å². The van der Waals surface area contributed by atoms with Crippen LogP contribution in [0.1, 0.15) is 25.1 Å². The van der Waals surface area contributed by atoms with Crippen LogP contribution in [0.2, 0.25) is 0 Å². The summed E-state index contributed by atoms with van der Waals surface area (Å²) in [5.74, 6) is 1.28. The molecule has 0 spiro atoms. The summed E-state index contributed by atoms with van der Waals surface area (Å²) < 4.78 is 1.62. The molecule has 0 radical (unpaired) electrons. The van der Waals surface area contributed by atoms with Gasteiger partial charge in [-0.1, -0.05) is 6.07 Å². The maximum atomic E-state index is 12.7. The molecule has 2 aromatic rings. The van der Waals surface area contributed by atoms with Crippen LogP contribution in [0.25, 0.3) is 5.69 Å². The Kier molecular flexibility index (Phi) is 6.45. The number of urea groups is 1. The molecule has 1 N–H and O–H groups in total. The number of aryl methyl sites for hydroxylation is 1. The number of tetrazole rings is 1. The molecule has 2 fully saturated rings. The molecule has 10 heteroatoms. The molecule has 31 heavy (non-hydrogen) atoms. The number of rotatable bonds is 4. The van der Waals surface area contributed by atoms with Gasteiger partial charge in [-0.2, -0.15) is 4.68 Å². The van der Waals surface area contributed by atoms with E-state index in [4.69, 9.17) is 0 Å². The molecule has 10 nitrogen and oxygen atoms in total. The first-order valence-corrected chi connectivity index (χ1v) is 10.9. The minimum Gasteiger partial charge on any atom is -0.340 e. The number of nitrogens with one attached hydrogen (secondary N) is 1. The van der Waals surface area contributed by atoms with Crippen LogP contribution < -0.4 is 5.32 Å². The molecule has 0 atom stereocenters. The number of amides is 3. The number of carbonyl (C=O) groups is 2. The van der Waals surface area contributed by atoms with Gasteiger partial charge in [0.05, 0.1) is 5.69 Å². The summed E-state index contributed by atoms with van der Waals surface area (Å²) in [6.07, 6.45) is 2.31. The number of piperazine rings is 1. The normalized spacial score (nSPS) is 18.3. The molecule has 3 heterocycles. The third-order valence-corrected chi connectivity index (χ3v) is 6.19. The van der Waals surface area contributed by atoms with Gasteiger partial charge in [-0.25, -0.2) is 4.79 Å². The first kappa shape index (κ1) is 21.2. The molecule has 4 rings (SSSR count). The van der Waals surface area contributed by atoms with Crippen molar-refractivity contribution in [3.8, 4) is 5.69 Å². The van der Waals surface area contributed by atoms with Gasteiger partial charge in [0.25, 0.3) is 0 Å². The second-order valence-corrected chi connectivity index (χ2v) is 8.44. The van der Waals surface area contributed by atoms with Gasteiger partial charge in [0, 0.05) is 51.4 Å². The van der Waals surface area contributed by atoms with Crippen LogP contribution in [0, 0.1) is 12.8 Å². The van der Waals surface area contributed by atoms with Crippen molar-refractivity contribution in [1.82, 2.24) is 34.9 Å². The second-order valence-electron chi connectivity index (χ2n) is 8.44. The van der Waals surface area contributed by atoms with Crippen LogP contribution >= 0.6 is 0 Å².